The summed E-state index contributed by atoms with van der Waals surface area (Å²) in [6.45, 7) is 3.54. The molecule has 1 aromatic carbocycles. The molecule has 3 heterocycles. The number of carbonyl (C=O) groups is 1. The third kappa shape index (κ3) is 2.66. The Balaban J connectivity index is 1.74. The highest BCUT2D eigenvalue weighted by molar-refractivity contribution is 5.85. The zero-order valence-electron chi connectivity index (χ0n) is 15.4. The van der Waals surface area contributed by atoms with Crippen LogP contribution < -0.4 is 0 Å². The van der Waals surface area contributed by atoms with Crippen molar-refractivity contribution >= 4 is 16.9 Å². The fraction of sp³-hybridized carbons (Fsp3) is 0.476. The second-order valence-corrected chi connectivity index (χ2v) is 7.32. The topological polar surface area (TPSA) is 65.6 Å². The maximum absolute atomic E-state index is 12.4. The van der Waals surface area contributed by atoms with E-state index in [9.17, 15) is 9.90 Å². The highest BCUT2D eigenvalue weighted by atomic mass is 16.5. The molecule has 1 unspecified atom stereocenters. The Kier molecular flexibility index (Phi) is 4.59. The number of benzene rings is 1. The molecule has 5 nitrogen and oxygen atoms in total. The third-order valence-corrected chi connectivity index (χ3v) is 6.20. The molecule has 0 spiro atoms. The molecule has 3 atom stereocenters. The van der Waals surface area contributed by atoms with Gasteiger partial charge < -0.3 is 14.8 Å². The Hall–Kier alpha value is -2.11. The van der Waals surface area contributed by atoms with Crippen LogP contribution in [0.5, 0.6) is 0 Å². The summed E-state index contributed by atoms with van der Waals surface area (Å²) < 4.78 is 5.07. The minimum absolute atomic E-state index is 0.0102. The van der Waals surface area contributed by atoms with Crippen molar-refractivity contribution in [1.29, 1.82) is 0 Å². The molecule has 2 aliphatic heterocycles. The van der Waals surface area contributed by atoms with Crippen LogP contribution in [0, 0.1) is 11.8 Å². The lowest BCUT2D eigenvalue weighted by Crippen LogP contribution is -2.49. The summed E-state index contributed by atoms with van der Waals surface area (Å²) in [4.78, 5) is 18.4. The molecule has 5 heteroatoms. The van der Waals surface area contributed by atoms with Crippen molar-refractivity contribution < 1.29 is 14.6 Å². The van der Waals surface area contributed by atoms with Crippen molar-refractivity contribution in [3.8, 4) is 0 Å². The van der Waals surface area contributed by atoms with Crippen LogP contribution in [0.3, 0.4) is 0 Å². The largest absolute Gasteiger partial charge is 0.469 e. The highest BCUT2D eigenvalue weighted by Crippen LogP contribution is 2.45. The minimum Gasteiger partial charge on any atom is -0.469 e. The fourth-order valence-electron chi connectivity index (χ4n) is 4.86. The summed E-state index contributed by atoms with van der Waals surface area (Å²) in [5, 5.41) is 11.1. The van der Waals surface area contributed by atoms with E-state index in [4.69, 9.17) is 4.74 Å². The lowest BCUT2D eigenvalue weighted by atomic mass is 9.75. The summed E-state index contributed by atoms with van der Waals surface area (Å²) in [6, 6.07) is 8.70. The van der Waals surface area contributed by atoms with E-state index in [0.29, 0.717) is 6.54 Å². The van der Waals surface area contributed by atoms with Crippen LogP contribution in [0.4, 0.5) is 0 Å². The molecule has 2 aromatic rings. The van der Waals surface area contributed by atoms with Gasteiger partial charge in [-0.1, -0.05) is 24.3 Å². The van der Waals surface area contributed by atoms with Gasteiger partial charge >= 0.3 is 5.97 Å². The Labute approximate surface area is 153 Å². The number of para-hydroxylation sites is 1. The van der Waals surface area contributed by atoms with E-state index in [1.165, 1.54) is 29.3 Å². The molecule has 26 heavy (non-hydrogen) atoms. The highest BCUT2D eigenvalue weighted by Gasteiger charge is 2.44. The number of nitrogens with zero attached hydrogens (tertiary/aromatic N) is 1. The molecule has 1 fully saturated rings. The van der Waals surface area contributed by atoms with Gasteiger partial charge in [-0.3, -0.25) is 9.69 Å². The number of carbonyl (C=O) groups excluding carboxylic acids is 1. The summed E-state index contributed by atoms with van der Waals surface area (Å²) >= 11 is 0. The lowest BCUT2D eigenvalue weighted by molar-refractivity contribution is -0.150. The monoisotopic (exact) mass is 354 g/mol. The van der Waals surface area contributed by atoms with Gasteiger partial charge in [-0.2, -0.15) is 0 Å². The van der Waals surface area contributed by atoms with Crippen LogP contribution in [-0.2, 0) is 16.0 Å². The van der Waals surface area contributed by atoms with E-state index in [2.05, 4.69) is 34.1 Å². The van der Waals surface area contributed by atoms with Crippen molar-refractivity contribution in [2.75, 3.05) is 26.8 Å². The van der Waals surface area contributed by atoms with Gasteiger partial charge in [0.2, 0.25) is 0 Å². The molecule has 0 amide bonds. The van der Waals surface area contributed by atoms with Crippen molar-refractivity contribution in [2.24, 2.45) is 11.8 Å². The van der Waals surface area contributed by atoms with Crippen LogP contribution in [0.2, 0.25) is 0 Å². The van der Waals surface area contributed by atoms with Gasteiger partial charge in [0.1, 0.15) is 0 Å². The van der Waals surface area contributed by atoms with Gasteiger partial charge in [0.05, 0.1) is 25.7 Å². The summed E-state index contributed by atoms with van der Waals surface area (Å²) in [6.07, 6.45) is 3.76. The van der Waals surface area contributed by atoms with Gasteiger partial charge in [-0.25, -0.2) is 0 Å². The number of esters is 1. The quantitative estimate of drug-likeness (QED) is 0.657. The number of hydrogen-bond acceptors (Lipinski definition) is 4. The van der Waals surface area contributed by atoms with Gasteiger partial charge in [0, 0.05) is 29.7 Å². The molecule has 2 N–H and O–H groups in total. The first-order valence-corrected chi connectivity index (χ1v) is 9.35. The Morgan fingerprint density at radius 2 is 2.19 bits per heavy atom. The first-order chi connectivity index (χ1) is 12.7. The van der Waals surface area contributed by atoms with Crippen molar-refractivity contribution in [1.82, 2.24) is 9.88 Å². The number of aromatic amines is 1. The first kappa shape index (κ1) is 17.3. The number of fused-ring (bicyclic) bond motifs is 5. The molecular formula is C21H26N2O3. The number of H-pyrrole nitrogens is 1. The molecule has 2 aliphatic rings. The zero-order valence-corrected chi connectivity index (χ0v) is 15.4. The second-order valence-electron chi connectivity index (χ2n) is 7.32. The number of piperidine rings is 1. The van der Waals surface area contributed by atoms with Crippen LogP contribution in [0.25, 0.3) is 10.9 Å². The normalized spacial score (nSPS) is 26.4. The van der Waals surface area contributed by atoms with E-state index in [1.807, 2.05) is 13.0 Å². The SMILES string of the molecule is C/C=C(/CO)[C@@H]1C[C@H]2c3[nH]c4ccccc4c3CCN2CC1C(=O)OC. The number of hydrogen-bond donors (Lipinski definition) is 2. The first-order valence-electron chi connectivity index (χ1n) is 9.35. The predicted molar refractivity (Wildman–Crippen MR) is 101 cm³/mol. The van der Waals surface area contributed by atoms with Gasteiger partial charge in [0.25, 0.3) is 0 Å². The third-order valence-electron chi connectivity index (χ3n) is 6.20. The smallest absolute Gasteiger partial charge is 0.310 e. The zero-order chi connectivity index (χ0) is 18.3. The Bertz CT molecular complexity index is 854. The summed E-state index contributed by atoms with van der Waals surface area (Å²) in [5.41, 5.74) is 4.80. The minimum atomic E-state index is -0.222. The number of ether oxygens (including phenoxy) is 1. The summed E-state index contributed by atoms with van der Waals surface area (Å²) in [7, 11) is 1.45. The van der Waals surface area contributed by atoms with E-state index in [-0.39, 0.29) is 30.5 Å². The number of methoxy groups -OCH3 is 1. The molecule has 138 valence electrons. The molecule has 0 aliphatic carbocycles. The van der Waals surface area contributed by atoms with Gasteiger partial charge in [-0.15, -0.1) is 0 Å². The molecule has 0 radical (unpaired) electrons. The van der Waals surface area contributed by atoms with E-state index in [0.717, 1.165) is 25.0 Å². The van der Waals surface area contributed by atoms with Gasteiger partial charge in [0.15, 0.2) is 0 Å². The molecule has 1 aromatic heterocycles. The van der Waals surface area contributed by atoms with Crippen LogP contribution in [0.15, 0.2) is 35.9 Å². The predicted octanol–water partition coefficient (Wildman–Crippen LogP) is 2.81. The van der Waals surface area contributed by atoms with E-state index < -0.39 is 0 Å². The maximum Gasteiger partial charge on any atom is 0.310 e. The maximum atomic E-state index is 12.4. The average molecular weight is 354 g/mol. The van der Waals surface area contributed by atoms with Crippen molar-refractivity contribution in [3.63, 3.8) is 0 Å². The van der Waals surface area contributed by atoms with Crippen molar-refractivity contribution in [3.05, 3.63) is 47.2 Å². The fourth-order valence-corrected chi connectivity index (χ4v) is 4.86. The second kappa shape index (κ2) is 6.89. The molecular weight excluding hydrogens is 328 g/mol. The van der Waals surface area contributed by atoms with Crippen molar-refractivity contribution in [2.45, 2.75) is 25.8 Å². The number of allylic oxidation sites excluding steroid dienone is 1. The average Bonchev–Trinajstić information content (AvgIpc) is 3.07. The van der Waals surface area contributed by atoms with Crippen LogP contribution >= 0.6 is 0 Å². The number of aliphatic hydroxyl groups is 1. The van der Waals surface area contributed by atoms with E-state index >= 15 is 0 Å². The molecule has 0 saturated carbocycles. The van der Waals surface area contributed by atoms with Crippen LogP contribution in [-0.4, -0.2) is 47.8 Å². The van der Waals surface area contributed by atoms with Gasteiger partial charge in [-0.05, 0) is 42.9 Å². The lowest BCUT2D eigenvalue weighted by Gasteiger charge is -2.45. The van der Waals surface area contributed by atoms with E-state index in [1.54, 1.807) is 0 Å². The molecule has 4 rings (SSSR count). The van der Waals surface area contributed by atoms with Crippen LogP contribution in [0.1, 0.15) is 30.6 Å². The Morgan fingerprint density at radius 3 is 2.92 bits per heavy atom. The standard InChI is InChI=1S/C21H26N2O3/c1-3-13(12-24)16-10-19-20-15(14-6-4-5-7-18(14)22-20)8-9-23(19)11-17(16)21(25)26-2/h3-7,16-17,19,22,24H,8-12H2,1-2H3/b13-3-/t16-,17?,19-/m0/s1. The molecule has 1 saturated heterocycles. The Morgan fingerprint density at radius 1 is 1.38 bits per heavy atom. The number of aliphatic hydroxyl groups excluding tert-OH is 1. The number of aromatic nitrogens is 1. The summed E-state index contributed by atoms with van der Waals surface area (Å²) in [5.74, 6) is -0.389. The number of nitrogens with one attached hydrogen (secondary N) is 1. The number of rotatable bonds is 3. The molecule has 0 bridgehead atoms.